The SMILES string of the molecule is Nc1cnc(-n2ccc3c(N4CC(=O)CC4c4cc(F)ccc4F)ncnc32)s1. The summed E-state index contributed by atoms with van der Waals surface area (Å²) in [4.78, 5) is 26.9. The lowest BCUT2D eigenvalue weighted by molar-refractivity contribution is -0.116. The van der Waals surface area contributed by atoms with Gasteiger partial charge in [0.2, 0.25) is 0 Å². The van der Waals surface area contributed by atoms with Gasteiger partial charge in [-0.1, -0.05) is 11.3 Å². The van der Waals surface area contributed by atoms with E-state index in [0.717, 1.165) is 18.2 Å². The number of aromatic nitrogens is 4. The average Bonchev–Trinajstić information content (AvgIpc) is 3.41. The predicted molar refractivity (Wildman–Crippen MR) is 105 cm³/mol. The van der Waals surface area contributed by atoms with Gasteiger partial charge in [-0.3, -0.25) is 9.36 Å². The van der Waals surface area contributed by atoms with Crippen molar-refractivity contribution in [2.45, 2.75) is 12.5 Å². The van der Waals surface area contributed by atoms with Crippen LogP contribution in [0.1, 0.15) is 18.0 Å². The van der Waals surface area contributed by atoms with Crippen LogP contribution < -0.4 is 10.6 Å². The lowest BCUT2D eigenvalue weighted by atomic mass is 10.0. The molecule has 5 rings (SSSR count). The summed E-state index contributed by atoms with van der Waals surface area (Å²) in [6.07, 6.45) is 4.81. The third-order valence-electron chi connectivity index (χ3n) is 4.91. The number of hydrogen-bond donors (Lipinski definition) is 1. The molecule has 146 valence electrons. The first-order chi connectivity index (χ1) is 14.0. The molecule has 1 fully saturated rings. The molecule has 1 aliphatic heterocycles. The van der Waals surface area contributed by atoms with E-state index in [4.69, 9.17) is 5.73 Å². The van der Waals surface area contributed by atoms with Crippen LogP contribution in [-0.4, -0.2) is 31.8 Å². The Bertz CT molecular complexity index is 1250. The average molecular weight is 412 g/mol. The van der Waals surface area contributed by atoms with E-state index in [1.807, 2.05) is 6.07 Å². The molecule has 7 nitrogen and oxygen atoms in total. The molecular formula is C19H14F2N6OS. The molecule has 1 aromatic carbocycles. The fourth-order valence-corrected chi connectivity index (χ4v) is 4.34. The molecule has 0 spiro atoms. The Hall–Kier alpha value is -3.40. The van der Waals surface area contributed by atoms with Gasteiger partial charge in [-0.2, -0.15) is 0 Å². The fourth-order valence-electron chi connectivity index (χ4n) is 3.67. The van der Waals surface area contributed by atoms with Gasteiger partial charge in [0.05, 0.1) is 24.2 Å². The van der Waals surface area contributed by atoms with Crippen molar-refractivity contribution >= 4 is 39.0 Å². The number of halogens is 2. The molecule has 1 unspecified atom stereocenters. The van der Waals surface area contributed by atoms with E-state index >= 15 is 0 Å². The predicted octanol–water partition coefficient (Wildman–Crippen LogP) is 3.26. The van der Waals surface area contributed by atoms with Gasteiger partial charge in [0.15, 0.2) is 16.6 Å². The van der Waals surface area contributed by atoms with Crippen molar-refractivity contribution in [3.63, 3.8) is 0 Å². The smallest absolute Gasteiger partial charge is 0.197 e. The summed E-state index contributed by atoms with van der Waals surface area (Å²) in [5.74, 6) is -0.700. The minimum absolute atomic E-state index is 0.0577. The van der Waals surface area contributed by atoms with Crippen LogP contribution in [-0.2, 0) is 4.79 Å². The van der Waals surface area contributed by atoms with Crippen LogP contribution >= 0.6 is 11.3 Å². The van der Waals surface area contributed by atoms with E-state index in [1.54, 1.807) is 21.9 Å². The van der Waals surface area contributed by atoms with E-state index in [-0.39, 0.29) is 24.3 Å². The molecule has 0 saturated carbocycles. The number of nitrogens with zero attached hydrogens (tertiary/aromatic N) is 5. The molecule has 2 N–H and O–H groups in total. The highest BCUT2D eigenvalue weighted by Gasteiger charge is 2.35. The Morgan fingerprint density at radius 3 is 2.83 bits per heavy atom. The van der Waals surface area contributed by atoms with Crippen molar-refractivity contribution in [2.24, 2.45) is 0 Å². The molecule has 4 aromatic rings. The van der Waals surface area contributed by atoms with Crippen LogP contribution in [0.4, 0.5) is 19.6 Å². The number of carbonyl (C=O) groups is 1. The minimum atomic E-state index is -0.643. The quantitative estimate of drug-likeness (QED) is 0.556. The van der Waals surface area contributed by atoms with Crippen molar-refractivity contribution in [1.82, 2.24) is 19.5 Å². The summed E-state index contributed by atoms with van der Waals surface area (Å²) in [6.45, 7) is 0.0577. The number of nitrogens with two attached hydrogens (primary N) is 1. The van der Waals surface area contributed by atoms with Crippen LogP contribution in [0.3, 0.4) is 0 Å². The summed E-state index contributed by atoms with van der Waals surface area (Å²) < 4.78 is 30.0. The van der Waals surface area contributed by atoms with Crippen LogP contribution in [0.25, 0.3) is 16.2 Å². The molecular weight excluding hydrogens is 398 g/mol. The lowest BCUT2D eigenvalue weighted by Gasteiger charge is -2.26. The maximum atomic E-state index is 14.4. The molecule has 10 heteroatoms. The molecule has 29 heavy (non-hydrogen) atoms. The molecule has 1 atom stereocenters. The lowest BCUT2D eigenvalue weighted by Crippen LogP contribution is -2.25. The number of Topliss-reactive ketones (excluding diaryl/α,β-unsaturated/α-hetero) is 1. The summed E-state index contributed by atoms with van der Waals surface area (Å²) in [6, 6.07) is 4.43. The Kier molecular flexibility index (Phi) is 4.02. The van der Waals surface area contributed by atoms with Crippen LogP contribution in [0.15, 0.2) is 43.0 Å². The number of benzene rings is 1. The Labute approximate surface area is 167 Å². The zero-order valence-electron chi connectivity index (χ0n) is 14.9. The monoisotopic (exact) mass is 412 g/mol. The molecule has 1 saturated heterocycles. The van der Waals surface area contributed by atoms with Gasteiger partial charge < -0.3 is 10.6 Å². The van der Waals surface area contributed by atoms with Gasteiger partial charge in [0.25, 0.3) is 0 Å². The number of thiazole rings is 1. The second kappa shape index (κ2) is 6.59. The molecule has 1 aliphatic rings. The normalized spacial score (nSPS) is 16.8. The number of carbonyl (C=O) groups excluding carboxylic acids is 1. The van der Waals surface area contributed by atoms with Crippen molar-refractivity contribution in [3.8, 4) is 5.13 Å². The number of nitrogen functional groups attached to an aromatic ring is 1. The maximum Gasteiger partial charge on any atom is 0.197 e. The number of rotatable bonds is 3. The highest BCUT2D eigenvalue weighted by atomic mass is 32.1. The second-order valence-corrected chi connectivity index (χ2v) is 7.76. The maximum absolute atomic E-state index is 14.4. The Balaban J connectivity index is 1.63. The molecule has 0 aliphatic carbocycles. The molecule has 4 heterocycles. The summed E-state index contributed by atoms with van der Waals surface area (Å²) in [5.41, 5.74) is 6.50. The highest BCUT2D eigenvalue weighted by Crippen LogP contribution is 2.38. The van der Waals surface area contributed by atoms with E-state index in [0.29, 0.717) is 27.0 Å². The fraction of sp³-hybridized carbons (Fsp3) is 0.158. The third kappa shape index (κ3) is 2.92. The van der Waals surface area contributed by atoms with Crippen LogP contribution in [0.5, 0.6) is 0 Å². The number of fused-ring (bicyclic) bond motifs is 1. The van der Waals surface area contributed by atoms with Crippen molar-refractivity contribution in [2.75, 3.05) is 17.2 Å². The third-order valence-corrected chi connectivity index (χ3v) is 5.74. The first-order valence-electron chi connectivity index (χ1n) is 8.78. The topological polar surface area (TPSA) is 89.9 Å². The van der Waals surface area contributed by atoms with Crippen molar-refractivity contribution in [3.05, 3.63) is 60.2 Å². The van der Waals surface area contributed by atoms with E-state index in [2.05, 4.69) is 15.0 Å². The minimum Gasteiger partial charge on any atom is -0.389 e. The molecule has 3 aromatic heterocycles. The second-order valence-electron chi connectivity index (χ2n) is 6.72. The van der Waals surface area contributed by atoms with Gasteiger partial charge in [0, 0.05) is 18.2 Å². The zero-order valence-corrected chi connectivity index (χ0v) is 15.7. The van der Waals surface area contributed by atoms with Crippen molar-refractivity contribution in [1.29, 1.82) is 0 Å². The highest BCUT2D eigenvalue weighted by molar-refractivity contribution is 7.17. The summed E-state index contributed by atoms with van der Waals surface area (Å²) in [7, 11) is 0. The van der Waals surface area contributed by atoms with Crippen LogP contribution in [0, 0.1) is 11.6 Å². The standard InChI is InChI=1S/C19H14F2N6OS/c20-10-1-2-14(21)13(5-10)15-6-11(28)8-27(15)18-12-3-4-26(17(12)24-9-25-18)19-23-7-16(22)29-19/h1-5,7,9,15H,6,8,22H2. The van der Waals surface area contributed by atoms with Crippen molar-refractivity contribution < 1.29 is 13.6 Å². The van der Waals surface area contributed by atoms with Gasteiger partial charge in [0.1, 0.15) is 28.8 Å². The Morgan fingerprint density at radius 2 is 2.03 bits per heavy atom. The van der Waals surface area contributed by atoms with Gasteiger partial charge >= 0.3 is 0 Å². The number of hydrogen-bond acceptors (Lipinski definition) is 7. The zero-order chi connectivity index (χ0) is 20.1. The van der Waals surface area contributed by atoms with E-state index in [1.165, 1.54) is 17.7 Å². The Morgan fingerprint density at radius 1 is 1.17 bits per heavy atom. The van der Waals surface area contributed by atoms with Gasteiger partial charge in [-0.15, -0.1) is 0 Å². The summed E-state index contributed by atoms with van der Waals surface area (Å²) >= 11 is 1.31. The molecule has 0 amide bonds. The van der Waals surface area contributed by atoms with Gasteiger partial charge in [-0.25, -0.2) is 23.7 Å². The first-order valence-corrected chi connectivity index (χ1v) is 9.60. The largest absolute Gasteiger partial charge is 0.389 e. The van der Waals surface area contributed by atoms with E-state index < -0.39 is 17.7 Å². The number of ketones is 1. The van der Waals surface area contributed by atoms with E-state index in [9.17, 15) is 13.6 Å². The van der Waals surface area contributed by atoms with Crippen LogP contribution in [0.2, 0.25) is 0 Å². The summed E-state index contributed by atoms with van der Waals surface area (Å²) in [5, 5.41) is 1.90. The molecule has 0 bridgehead atoms. The van der Waals surface area contributed by atoms with Gasteiger partial charge in [-0.05, 0) is 24.3 Å². The first kappa shape index (κ1) is 17.7. The molecule has 0 radical (unpaired) electrons. The number of anilines is 2.